The molecule has 3 heteroatoms. The summed E-state index contributed by atoms with van der Waals surface area (Å²) in [5, 5.41) is 9.55. The summed E-state index contributed by atoms with van der Waals surface area (Å²) in [5.74, 6) is -0.00424. The Morgan fingerprint density at radius 3 is 2.46 bits per heavy atom. The van der Waals surface area contributed by atoms with Crippen molar-refractivity contribution in [3.05, 3.63) is 34.3 Å². The number of carbonyl (C=O) groups is 1. The van der Waals surface area contributed by atoms with Crippen LogP contribution in [-0.4, -0.2) is 10.9 Å². The lowest BCUT2D eigenvalue weighted by atomic mass is 10.1. The highest BCUT2D eigenvalue weighted by Gasteiger charge is 2.09. The lowest BCUT2D eigenvalue weighted by Crippen LogP contribution is -2.02. The van der Waals surface area contributed by atoms with Gasteiger partial charge in [0.05, 0.1) is 6.10 Å². The zero-order chi connectivity index (χ0) is 9.84. The van der Waals surface area contributed by atoms with Crippen LogP contribution < -0.4 is 0 Å². The van der Waals surface area contributed by atoms with Gasteiger partial charge in [0, 0.05) is 10.9 Å². The summed E-state index contributed by atoms with van der Waals surface area (Å²) in [5.41, 5.74) is 0.776. The molecule has 0 radical (unpaired) electrons. The molecule has 0 fully saturated rings. The van der Waals surface area contributed by atoms with E-state index in [0.29, 0.717) is 0 Å². The van der Waals surface area contributed by atoms with Gasteiger partial charge in [0.15, 0.2) is 0 Å². The molecular weight excluding hydrogens is 232 g/mol. The Bertz CT molecular complexity index is 292. The van der Waals surface area contributed by atoms with Gasteiger partial charge in [-0.05, 0) is 24.6 Å². The van der Waals surface area contributed by atoms with Crippen LogP contribution in [0.1, 0.15) is 25.0 Å². The van der Waals surface area contributed by atoms with Gasteiger partial charge in [0.25, 0.3) is 0 Å². The van der Waals surface area contributed by atoms with Crippen LogP contribution in [0.4, 0.5) is 0 Å². The quantitative estimate of drug-likeness (QED) is 0.885. The standard InChI is InChI=1S/C10H11BrO2/c1-7(12)6-10(13)8-2-4-9(11)5-3-8/h2-5,10,13H,6H2,1H3. The molecule has 70 valence electrons. The molecule has 1 aromatic rings. The summed E-state index contributed by atoms with van der Waals surface area (Å²) in [4.78, 5) is 10.7. The van der Waals surface area contributed by atoms with Crippen LogP contribution in [0.5, 0.6) is 0 Å². The van der Waals surface area contributed by atoms with Crippen molar-refractivity contribution in [3.63, 3.8) is 0 Å². The van der Waals surface area contributed by atoms with Gasteiger partial charge < -0.3 is 5.11 Å². The Morgan fingerprint density at radius 2 is 2.00 bits per heavy atom. The van der Waals surface area contributed by atoms with E-state index in [1.165, 1.54) is 6.92 Å². The first kappa shape index (κ1) is 10.4. The van der Waals surface area contributed by atoms with Crippen LogP contribution in [0.15, 0.2) is 28.7 Å². The largest absolute Gasteiger partial charge is 0.388 e. The van der Waals surface area contributed by atoms with Crippen LogP contribution >= 0.6 is 15.9 Å². The Hall–Kier alpha value is -0.670. The molecular formula is C10H11BrO2. The van der Waals surface area contributed by atoms with Gasteiger partial charge in [-0.25, -0.2) is 0 Å². The van der Waals surface area contributed by atoms with Gasteiger partial charge >= 0.3 is 0 Å². The Kier molecular flexibility index (Phi) is 3.63. The highest BCUT2D eigenvalue weighted by Crippen LogP contribution is 2.19. The maximum atomic E-state index is 10.7. The molecule has 0 aromatic heterocycles. The first-order valence-electron chi connectivity index (χ1n) is 4.02. The van der Waals surface area contributed by atoms with E-state index >= 15 is 0 Å². The maximum absolute atomic E-state index is 10.7. The van der Waals surface area contributed by atoms with Crippen molar-refractivity contribution in [2.24, 2.45) is 0 Å². The Labute approximate surface area is 85.7 Å². The number of aliphatic hydroxyl groups is 1. The fourth-order valence-electron chi connectivity index (χ4n) is 1.08. The smallest absolute Gasteiger partial charge is 0.132 e. The molecule has 0 aliphatic rings. The molecule has 0 saturated heterocycles. The molecule has 2 nitrogen and oxygen atoms in total. The van der Waals surface area contributed by atoms with E-state index in [-0.39, 0.29) is 12.2 Å². The lowest BCUT2D eigenvalue weighted by Gasteiger charge is -2.08. The Morgan fingerprint density at radius 1 is 1.46 bits per heavy atom. The molecule has 1 atom stereocenters. The summed E-state index contributed by atoms with van der Waals surface area (Å²) < 4.78 is 0.964. The highest BCUT2D eigenvalue weighted by molar-refractivity contribution is 9.10. The maximum Gasteiger partial charge on any atom is 0.132 e. The second-order valence-electron chi connectivity index (χ2n) is 2.97. The molecule has 0 saturated carbocycles. The van der Waals surface area contributed by atoms with Gasteiger partial charge in [0.1, 0.15) is 5.78 Å². The van der Waals surface area contributed by atoms with E-state index < -0.39 is 6.10 Å². The van der Waals surface area contributed by atoms with Crippen LogP contribution in [-0.2, 0) is 4.79 Å². The molecule has 0 spiro atoms. The van der Waals surface area contributed by atoms with E-state index in [2.05, 4.69) is 15.9 Å². The molecule has 1 aromatic carbocycles. The summed E-state index contributed by atoms with van der Waals surface area (Å²) in [6.07, 6.45) is -0.493. The summed E-state index contributed by atoms with van der Waals surface area (Å²) in [6.45, 7) is 1.47. The molecule has 1 N–H and O–H groups in total. The predicted molar refractivity (Wildman–Crippen MR) is 54.4 cm³/mol. The topological polar surface area (TPSA) is 37.3 Å². The molecule has 0 aliphatic heterocycles. The van der Waals surface area contributed by atoms with Gasteiger partial charge in [-0.2, -0.15) is 0 Å². The number of hydrogen-bond acceptors (Lipinski definition) is 2. The van der Waals surface area contributed by atoms with Crippen molar-refractivity contribution in [2.75, 3.05) is 0 Å². The third kappa shape index (κ3) is 3.28. The Balaban J connectivity index is 2.71. The monoisotopic (exact) mass is 242 g/mol. The molecule has 0 aliphatic carbocycles. The van der Waals surface area contributed by atoms with Crippen molar-refractivity contribution in [1.82, 2.24) is 0 Å². The van der Waals surface area contributed by atoms with Gasteiger partial charge in [-0.1, -0.05) is 28.1 Å². The van der Waals surface area contributed by atoms with Crippen LogP contribution in [0.3, 0.4) is 0 Å². The minimum absolute atomic E-state index is 0.00424. The van der Waals surface area contributed by atoms with Gasteiger partial charge in [-0.15, -0.1) is 0 Å². The number of aliphatic hydroxyl groups excluding tert-OH is 1. The first-order chi connectivity index (χ1) is 6.09. The number of ketones is 1. The van der Waals surface area contributed by atoms with Crippen molar-refractivity contribution < 1.29 is 9.90 Å². The zero-order valence-electron chi connectivity index (χ0n) is 7.33. The molecule has 0 amide bonds. The second-order valence-corrected chi connectivity index (χ2v) is 3.89. The lowest BCUT2D eigenvalue weighted by molar-refractivity contribution is -0.118. The van der Waals surface area contributed by atoms with Crippen molar-refractivity contribution in [1.29, 1.82) is 0 Å². The van der Waals surface area contributed by atoms with Crippen LogP contribution in [0.25, 0.3) is 0 Å². The third-order valence-electron chi connectivity index (χ3n) is 1.74. The van der Waals surface area contributed by atoms with E-state index in [1.807, 2.05) is 12.1 Å². The number of Topliss-reactive ketones (excluding diaryl/α,β-unsaturated/α-hetero) is 1. The number of benzene rings is 1. The minimum Gasteiger partial charge on any atom is -0.388 e. The van der Waals surface area contributed by atoms with Gasteiger partial charge in [0.2, 0.25) is 0 Å². The average molecular weight is 243 g/mol. The number of rotatable bonds is 3. The fourth-order valence-corrected chi connectivity index (χ4v) is 1.34. The van der Waals surface area contributed by atoms with E-state index in [1.54, 1.807) is 12.1 Å². The summed E-state index contributed by atoms with van der Waals surface area (Å²) >= 11 is 3.30. The molecule has 0 heterocycles. The van der Waals surface area contributed by atoms with E-state index in [9.17, 15) is 9.90 Å². The SMILES string of the molecule is CC(=O)CC(O)c1ccc(Br)cc1. The van der Waals surface area contributed by atoms with Crippen LogP contribution in [0.2, 0.25) is 0 Å². The summed E-state index contributed by atoms with van der Waals surface area (Å²) in [7, 11) is 0. The number of carbonyl (C=O) groups excluding carboxylic acids is 1. The number of hydrogen-bond donors (Lipinski definition) is 1. The van der Waals surface area contributed by atoms with Crippen molar-refractivity contribution in [2.45, 2.75) is 19.4 Å². The molecule has 1 unspecified atom stereocenters. The highest BCUT2D eigenvalue weighted by atomic mass is 79.9. The first-order valence-corrected chi connectivity index (χ1v) is 4.82. The number of halogens is 1. The van der Waals surface area contributed by atoms with Crippen LogP contribution in [0, 0.1) is 0 Å². The van der Waals surface area contributed by atoms with E-state index in [4.69, 9.17) is 0 Å². The molecule has 1 rings (SSSR count). The molecule has 0 bridgehead atoms. The predicted octanol–water partition coefficient (Wildman–Crippen LogP) is 2.46. The average Bonchev–Trinajstić information content (AvgIpc) is 2.04. The zero-order valence-corrected chi connectivity index (χ0v) is 8.91. The third-order valence-corrected chi connectivity index (χ3v) is 2.26. The molecule has 13 heavy (non-hydrogen) atoms. The van der Waals surface area contributed by atoms with Crippen molar-refractivity contribution in [3.8, 4) is 0 Å². The second kappa shape index (κ2) is 4.53. The normalized spacial score (nSPS) is 12.5. The van der Waals surface area contributed by atoms with Crippen molar-refractivity contribution >= 4 is 21.7 Å². The summed E-state index contributed by atoms with van der Waals surface area (Å²) in [6, 6.07) is 7.30. The van der Waals surface area contributed by atoms with Gasteiger partial charge in [-0.3, -0.25) is 4.79 Å². The fraction of sp³-hybridized carbons (Fsp3) is 0.300. The van der Waals surface area contributed by atoms with E-state index in [0.717, 1.165) is 10.0 Å². The minimum atomic E-state index is -0.675.